The molecule has 0 amide bonds. The predicted molar refractivity (Wildman–Crippen MR) is 72.2 cm³/mol. The number of ether oxygens (including phenoxy) is 2. The van der Waals surface area contributed by atoms with Gasteiger partial charge in [-0.15, -0.1) is 0 Å². The molecule has 0 aliphatic heterocycles. The van der Waals surface area contributed by atoms with Crippen molar-refractivity contribution >= 4 is 11.9 Å². The summed E-state index contributed by atoms with van der Waals surface area (Å²) in [5.41, 5.74) is 0.387. The molecule has 0 N–H and O–H groups in total. The Morgan fingerprint density at radius 2 is 2.10 bits per heavy atom. The maximum absolute atomic E-state index is 11.6. The zero-order valence-corrected chi connectivity index (χ0v) is 12.2. The monoisotopic (exact) mass is 283 g/mol. The Hall–Kier alpha value is -1.82. The van der Waals surface area contributed by atoms with Crippen LogP contribution in [0, 0.1) is 0 Å². The second-order valence-corrected chi connectivity index (χ2v) is 4.26. The molecule has 0 spiro atoms. The number of furan rings is 1. The van der Waals surface area contributed by atoms with E-state index >= 15 is 0 Å². The van der Waals surface area contributed by atoms with Crippen LogP contribution in [0.5, 0.6) is 0 Å². The number of hydrogen-bond acceptors (Lipinski definition) is 6. The number of rotatable bonds is 8. The normalized spacial score (nSPS) is 10.6. The van der Waals surface area contributed by atoms with Gasteiger partial charge < -0.3 is 13.9 Å². The minimum absolute atomic E-state index is 0.170. The molecule has 1 heterocycles. The standard InChI is InChI=1S/C14H21NO5/c1-4-7-15(10-13(16)19-5-2)9-12-11(6-8-20-12)14(17)18-3/h6,8H,4-5,7,9-10H2,1-3H3. The Morgan fingerprint density at radius 3 is 2.70 bits per heavy atom. The number of hydrogen-bond donors (Lipinski definition) is 0. The van der Waals surface area contributed by atoms with Crippen LogP contribution in [0.4, 0.5) is 0 Å². The summed E-state index contributed by atoms with van der Waals surface area (Å²) in [5, 5.41) is 0. The van der Waals surface area contributed by atoms with E-state index in [1.54, 1.807) is 13.0 Å². The summed E-state index contributed by atoms with van der Waals surface area (Å²) < 4.78 is 14.9. The highest BCUT2D eigenvalue weighted by molar-refractivity contribution is 5.90. The molecule has 0 aliphatic rings. The van der Waals surface area contributed by atoms with Crippen LogP contribution in [0.3, 0.4) is 0 Å². The molecule has 1 aromatic rings. The van der Waals surface area contributed by atoms with Crippen molar-refractivity contribution in [2.24, 2.45) is 0 Å². The highest BCUT2D eigenvalue weighted by atomic mass is 16.5. The molecule has 1 aromatic heterocycles. The Kier molecular flexibility index (Phi) is 6.79. The quantitative estimate of drug-likeness (QED) is 0.678. The van der Waals surface area contributed by atoms with Gasteiger partial charge in [-0.05, 0) is 26.0 Å². The van der Waals surface area contributed by atoms with Crippen molar-refractivity contribution in [3.63, 3.8) is 0 Å². The summed E-state index contributed by atoms with van der Waals surface area (Å²) in [7, 11) is 1.32. The van der Waals surface area contributed by atoms with Gasteiger partial charge in [-0.2, -0.15) is 0 Å². The zero-order valence-electron chi connectivity index (χ0n) is 12.2. The highest BCUT2D eigenvalue weighted by Gasteiger charge is 2.19. The third kappa shape index (κ3) is 4.70. The molecule has 0 unspecified atom stereocenters. The number of esters is 2. The molecule has 1 rings (SSSR count). The number of methoxy groups -OCH3 is 1. The third-order valence-electron chi connectivity index (χ3n) is 2.72. The first-order valence-corrected chi connectivity index (χ1v) is 6.65. The zero-order chi connectivity index (χ0) is 15.0. The number of carbonyl (C=O) groups is 2. The van der Waals surface area contributed by atoms with Gasteiger partial charge in [0.15, 0.2) is 0 Å². The molecule has 0 radical (unpaired) electrons. The van der Waals surface area contributed by atoms with Crippen LogP contribution >= 0.6 is 0 Å². The molecule has 0 aromatic carbocycles. The molecule has 6 heteroatoms. The molecule has 0 aliphatic carbocycles. The van der Waals surface area contributed by atoms with Crippen LogP contribution in [0.15, 0.2) is 16.7 Å². The molecule has 0 bridgehead atoms. The van der Waals surface area contributed by atoms with E-state index in [1.165, 1.54) is 13.4 Å². The van der Waals surface area contributed by atoms with Gasteiger partial charge in [0.2, 0.25) is 0 Å². The van der Waals surface area contributed by atoms with Crippen LogP contribution in [-0.4, -0.2) is 43.6 Å². The van der Waals surface area contributed by atoms with Gasteiger partial charge in [-0.3, -0.25) is 9.69 Å². The van der Waals surface area contributed by atoms with Gasteiger partial charge in [0.25, 0.3) is 0 Å². The lowest BCUT2D eigenvalue weighted by Crippen LogP contribution is -2.31. The van der Waals surface area contributed by atoms with Crippen LogP contribution in [0.1, 0.15) is 36.4 Å². The van der Waals surface area contributed by atoms with Crippen molar-refractivity contribution in [1.82, 2.24) is 4.90 Å². The van der Waals surface area contributed by atoms with Gasteiger partial charge in [-0.25, -0.2) is 4.79 Å². The van der Waals surface area contributed by atoms with Crippen LogP contribution < -0.4 is 0 Å². The lowest BCUT2D eigenvalue weighted by Gasteiger charge is -2.19. The molecule has 0 saturated carbocycles. The first-order chi connectivity index (χ1) is 9.62. The molecule has 0 saturated heterocycles. The average Bonchev–Trinajstić information content (AvgIpc) is 2.86. The molecule has 0 atom stereocenters. The van der Waals surface area contributed by atoms with E-state index < -0.39 is 5.97 Å². The fourth-order valence-electron chi connectivity index (χ4n) is 1.88. The van der Waals surface area contributed by atoms with Gasteiger partial charge in [0, 0.05) is 0 Å². The lowest BCUT2D eigenvalue weighted by atomic mass is 10.2. The lowest BCUT2D eigenvalue weighted by molar-refractivity contribution is -0.144. The summed E-state index contributed by atoms with van der Waals surface area (Å²) in [6.07, 6.45) is 2.32. The smallest absolute Gasteiger partial charge is 0.341 e. The van der Waals surface area contributed by atoms with Crippen molar-refractivity contribution in [3.05, 3.63) is 23.7 Å². The van der Waals surface area contributed by atoms with Crippen molar-refractivity contribution < 1.29 is 23.5 Å². The molecule has 6 nitrogen and oxygen atoms in total. The van der Waals surface area contributed by atoms with E-state index in [-0.39, 0.29) is 12.5 Å². The summed E-state index contributed by atoms with van der Waals surface area (Å²) >= 11 is 0. The predicted octanol–water partition coefficient (Wildman–Crippen LogP) is 1.84. The first kappa shape index (κ1) is 16.2. The average molecular weight is 283 g/mol. The van der Waals surface area contributed by atoms with Crippen LogP contribution in [0.25, 0.3) is 0 Å². The van der Waals surface area contributed by atoms with Crippen LogP contribution in [-0.2, 0) is 20.8 Å². The van der Waals surface area contributed by atoms with Gasteiger partial charge >= 0.3 is 11.9 Å². The molecule has 112 valence electrons. The van der Waals surface area contributed by atoms with Crippen LogP contribution in [0.2, 0.25) is 0 Å². The van der Waals surface area contributed by atoms with Crippen molar-refractivity contribution in [2.45, 2.75) is 26.8 Å². The SMILES string of the molecule is CCCN(CC(=O)OCC)Cc1occc1C(=O)OC. The Morgan fingerprint density at radius 1 is 1.35 bits per heavy atom. The van der Waals surface area contributed by atoms with Crippen molar-refractivity contribution in [1.29, 1.82) is 0 Å². The topological polar surface area (TPSA) is 69.0 Å². The van der Waals surface area contributed by atoms with Gasteiger partial charge in [0.05, 0.1) is 33.1 Å². The largest absolute Gasteiger partial charge is 0.467 e. The Labute approximate surface area is 118 Å². The first-order valence-electron chi connectivity index (χ1n) is 6.65. The minimum Gasteiger partial charge on any atom is -0.467 e. The second-order valence-electron chi connectivity index (χ2n) is 4.26. The van der Waals surface area contributed by atoms with Crippen molar-refractivity contribution in [3.8, 4) is 0 Å². The second kappa shape index (κ2) is 8.37. The fourth-order valence-corrected chi connectivity index (χ4v) is 1.88. The van der Waals surface area contributed by atoms with Gasteiger partial charge in [-0.1, -0.05) is 6.92 Å². The van der Waals surface area contributed by atoms with E-state index in [2.05, 4.69) is 4.74 Å². The van der Waals surface area contributed by atoms with E-state index in [9.17, 15) is 9.59 Å². The van der Waals surface area contributed by atoms with E-state index in [4.69, 9.17) is 9.15 Å². The maximum Gasteiger partial charge on any atom is 0.341 e. The number of nitrogens with zero attached hydrogens (tertiary/aromatic N) is 1. The molecule has 0 fully saturated rings. The minimum atomic E-state index is -0.443. The van der Waals surface area contributed by atoms with E-state index in [1.807, 2.05) is 11.8 Å². The third-order valence-corrected chi connectivity index (χ3v) is 2.72. The van der Waals surface area contributed by atoms with E-state index in [0.717, 1.165) is 6.42 Å². The number of carbonyl (C=O) groups excluding carboxylic acids is 2. The van der Waals surface area contributed by atoms with E-state index in [0.29, 0.717) is 31.0 Å². The summed E-state index contributed by atoms with van der Waals surface area (Å²) in [6, 6.07) is 1.57. The Balaban J connectivity index is 2.72. The maximum atomic E-state index is 11.6. The summed E-state index contributed by atoms with van der Waals surface area (Å²) in [6.45, 7) is 5.38. The highest BCUT2D eigenvalue weighted by Crippen LogP contribution is 2.14. The van der Waals surface area contributed by atoms with Crippen molar-refractivity contribution in [2.75, 3.05) is 26.8 Å². The Bertz CT molecular complexity index is 441. The summed E-state index contributed by atoms with van der Waals surface area (Å²) in [4.78, 5) is 25.0. The summed E-state index contributed by atoms with van der Waals surface area (Å²) in [5.74, 6) is -0.233. The molecule has 20 heavy (non-hydrogen) atoms. The molecular formula is C14H21NO5. The molecular weight excluding hydrogens is 262 g/mol. The van der Waals surface area contributed by atoms with Gasteiger partial charge in [0.1, 0.15) is 11.3 Å². The fraction of sp³-hybridized carbons (Fsp3) is 0.571.